The largest absolute Gasteiger partial charge is 0.354 e. The van der Waals surface area contributed by atoms with Gasteiger partial charge in [-0.15, -0.1) is 0 Å². The van der Waals surface area contributed by atoms with Gasteiger partial charge in [0.1, 0.15) is 0 Å². The Kier molecular flexibility index (Phi) is 3.56. The van der Waals surface area contributed by atoms with Crippen molar-refractivity contribution in [2.24, 2.45) is 5.92 Å². The van der Waals surface area contributed by atoms with Crippen molar-refractivity contribution in [2.75, 3.05) is 13.1 Å². The molecule has 0 bridgehead atoms. The van der Waals surface area contributed by atoms with Crippen molar-refractivity contribution in [3.8, 4) is 0 Å². The summed E-state index contributed by atoms with van der Waals surface area (Å²) in [4.78, 5) is 11.8. The van der Waals surface area contributed by atoms with E-state index in [9.17, 15) is 4.79 Å². The van der Waals surface area contributed by atoms with Crippen molar-refractivity contribution < 1.29 is 4.79 Å². The first kappa shape index (κ1) is 11.1. The van der Waals surface area contributed by atoms with Gasteiger partial charge in [-0.05, 0) is 26.0 Å². The number of carbonyl (C=O) groups is 1. The summed E-state index contributed by atoms with van der Waals surface area (Å²) < 4.78 is 1.82. The van der Waals surface area contributed by atoms with Gasteiger partial charge in [0.05, 0.1) is 12.5 Å². The fourth-order valence-electron chi connectivity index (χ4n) is 2.07. The highest BCUT2D eigenvalue weighted by Crippen LogP contribution is 2.14. The maximum atomic E-state index is 11.8. The Balaban J connectivity index is 1.71. The van der Waals surface area contributed by atoms with E-state index in [1.54, 1.807) is 6.20 Å². The van der Waals surface area contributed by atoms with Crippen LogP contribution in [0.25, 0.3) is 0 Å². The van der Waals surface area contributed by atoms with E-state index in [0.717, 1.165) is 19.5 Å². The summed E-state index contributed by atoms with van der Waals surface area (Å²) in [5.41, 5.74) is 0. The third-order valence-electron chi connectivity index (χ3n) is 3.06. The standard InChI is InChI=1S/C11H18N4O/c1-9-10(3-5-12-9)11(16)13-6-8-15-7-2-4-14-15/h2,4,7,9-10,12H,3,5-6,8H2,1H3,(H,13,16). The molecule has 2 N–H and O–H groups in total. The molecule has 16 heavy (non-hydrogen) atoms. The second-order valence-electron chi connectivity index (χ2n) is 4.20. The maximum absolute atomic E-state index is 11.8. The summed E-state index contributed by atoms with van der Waals surface area (Å²) in [6.07, 6.45) is 4.57. The summed E-state index contributed by atoms with van der Waals surface area (Å²) in [7, 11) is 0. The Morgan fingerprint density at radius 3 is 3.19 bits per heavy atom. The third kappa shape index (κ3) is 2.61. The van der Waals surface area contributed by atoms with Crippen LogP contribution in [0.2, 0.25) is 0 Å². The van der Waals surface area contributed by atoms with Gasteiger partial charge in [0.15, 0.2) is 0 Å². The maximum Gasteiger partial charge on any atom is 0.224 e. The van der Waals surface area contributed by atoms with E-state index in [0.29, 0.717) is 12.6 Å². The Morgan fingerprint density at radius 2 is 2.56 bits per heavy atom. The monoisotopic (exact) mass is 222 g/mol. The molecule has 5 heteroatoms. The van der Waals surface area contributed by atoms with E-state index >= 15 is 0 Å². The van der Waals surface area contributed by atoms with Crippen molar-refractivity contribution >= 4 is 5.91 Å². The van der Waals surface area contributed by atoms with Crippen LogP contribution in [-0.4, -0.2) is 34.8 Å². The zero-order valence-corrected chi connectivity index (χ0v) is 9.52. The molecule has 1 aromatic heterocycles. The lowest BCUT2D eigenvalue weighted by molar-refractivity contribution is -0.125. The van der Waals surface area contributed by atoms with Crippen molar-refractivity contribution in [1.29, 1.82) is 0 Å². The summed E-state index contributed by atoms with van der Waals surface area (Å²) in [6.45, 7) is 4.38. The summed E-state index contributed by atoms with van der Waals surface area (Å²) in [5, 5.41) is 10.3. The third-order valence-corrected chi connectivity index (χ3v) is 3.06. The van der Waals surface area contributed by atoms with Crippen LogP contribution in [-0.2, 0) is 11.3 Å². The minimum Gasteiger partial charge on any atom is -0.354 e. The molecule has 0 saturated carbocycles. The van der Waals surface area contributed by atoms with Crippen LogP contribution < -0.4 is 10.6 Å². The van der Waals surface area contributed by atoms with Crippen LogP contribution in [0.4, 0.5) is 0 Å². The lowest BCUT2D eigenvalue weighted by atomic mass is 10.0. The van der Waals surface area contributed by atoms with E-state index in [1.165, 1.54) is 0 Å². The molecule has 0 spiro atoms. The second-order valence-corrected chi connectivity index (χ2v) is 4.20. The van der Waals surface area contributed by atoms with Crippen LogP contribution in [0.1, 0.15) is 13.3 Å². The van der Waals surface area contributed by atoms with Crippen molar-refractivity contribution in [3.05, 3.63) is 18.5 Å². The van der Waals surface area contributed by atoms with Crippen LogP contribution in [0.3, 0.4) is 0 Å². The molecule has 1 saturated heterocycles. The molecule has 2 atom stereocenters. The van der Waals surface area contributed by atoms with Gasteiger partial charge < -0.3 is 10.6 Å². The van der Waals surface area contributed by atoms with E-state index < -0.39 is 0 Å². The number of amides is 1. The average molecular weight is 222 g/mol. The minimum absolute atomic E-state index is 0.123. The predicted octanol–water partition coefficient (Wildman–Crippen LogP) is -0.00270. The molecule has 88 valence electrons. The molecule has 1 fully saturated rings. The van der Waals surface area contributed by atoms with Crippen LogP contribution >= 0.6 is 0 Å². The number of nitrogens with one attached hydrogen (secondary N) is 2. The van der Waals surface area contributed by atoms with Gasteiger partial charge in [0.2, 0.25) is 5.91 Å². The zero-order valence-electron chi connectivity index (χ0n) is 9.52. The Hall–Kier alpha value is -1.36. The van der Waals surface area contributed by atoms with E-state index in [-0.39, 0.29) is 11.8 Å². The smallest absolute Gasteiger partial charge is 0.224 e. The molecule has 2 rings (SSSR count). The first-order chi connectivity index (χ1) is 7.77. The van der Waals surface area contributed by atoms with Crippen molar-refractivity contribution in [3.63, 3.8) is 0 Å². The minimum atomic E-state index is 0.123. The molecule has 0 aliphatic carbocycles. The molecule has 2 heterocycles. The molecule has 0 radical (unpaired) electrons. The van der Waals surface area contributed by atoms with Crippen LogP contribution in [0.15, 0.2) is 18.5 Å². The molecule has 2 unspecified atom stereocenters. The van der Waals surface area contributed by atoms with Gasteiger partial charge in [0.25, 0.3) is 0 Å². The lowest BCUT2D eigenvalue weighted by Gasteiger charge is -2.14. The summed E-state index contributed by atoms with van der Waals surface area (Å²) >= 11 is 0. The van der Waals surface area contributed by atoms with Crippen molar-refractivity contribution in [1.82, 2.24) is 20.4 Å². The van der Waals surface area contributed by atoms with Gasteiger partial charge >= 0.3 is 0 Å². The highest BCUT2D eigenvalue weighted by Gasteiger charge is 2.28. The normalized spacial score (nSPS) is 24.6. The first-order valence-corrected chi connectivity index (χ1v) is 5.76. The number of rotatable bonds is 4. The zero-order chi connectivity index (χ0) is 11.4. The number of nitrogens with zero attached hydrogens (tertiary/aromatic N) is 2. The predicted molar refractivity (Wildman–Crippen MR) is 60.8 cm³/mol. The first-order valence-electron chi connectivity index (χ1n) is 5.76. The van der Waals surface area contributed by atoms with Gasteiger partial charge in [-0.1, -0.05) is 0 Å². The Bertz CT molecular complexity index is 336. The number of hydrogen-bond acceptors (Lipinski definition) is 3. The van der Waals surface area contributed by atoms with Crippen LogP contribution in [0.5, 0.6) is 0 Å². The molecule has 1 aliphatic heterocycles. The molecule has 5 nitrogen and oxygen atoms in total. The quantitative estimate of drug-likeness (QED) is 0.753. The highest BCUT2D eigenvalue weighted by atomic mass is 16.1. The molecule has 1 amide bonds. The average Bonchev–Trinajstić information content (AvgIpc) is 2.88. The van der Waals surface area contributed by atoms with Crippen LogP contribution in [0, 0.1) is 5.92 Å². The van der Waals surface area contributed by atoms with Gasteiger partial charge in [-0.2, -0.15) is 5.10 Å². The summed E-state index contributed by atoms with van der Waals surface area (Å²) in [6, 6.07) is 2.18. The highest BCUT2D eigenvalue weighted by molar-refractivity contribution is 5.79. The fourth-order valence-corrected chi connectivity index (χ4v) is 2.07. The van der Waals surface area contributed by atoms with E-state index in [4.69, 9.17) is 0 Å². The fraction of sp³-hybridized carbons (Fsp3) is 0.636. The van der Waals surface area contributed by atoms with Gasteiger partial charge in [-0.25, -0.2) is 0 Å². The summed E-state index contributed by atoms with van der Waals surface area (Å²) in [5.74, 6) is 0.280. The molecular formula is C11H18N4O. The second kappa shape index (κ2) is 5.12. The number of hydrogen-bond donors (Lipinski definition) is 2. The molecular weight excluding hydrogens is 204 g/mol. The van der Waals surface area contributed by atoms with E-state index in [1.807, 2.05) is 16.9 Å². The van der Waals surface area contributed by atoms with Gasteiger partial charge in [0, 0.05) is 25.0 Å². The molecule has 1 aromatic rings. The molecule has 1 aliphatic rings. The Labute approximate surface area is 95.2 Å². The lowest BCUT2D eigenvalue weighted by Crippen LogP contribution is -2.38. The van der Waals surface area contributed by atoms with Crippen molar-refractivity contribution in [2.45, 2.75) is 25.9 Å². The molecule has 0 aromatic carbocycles. The van der Waals surface area contributed by atoms with Gasteiger partial charge in [-0.3, -0.25) is 9.48 Å². The Morgan fingerprint density at radius 1 is 1.69 bits per heavy atom. The number of aromatic nitrogens is 2. The number of carbonyl (C=O) groups excluding carboxylic acids is 1. The SMILES string of the molecule is CC1NCCC1C(=O)NCCn1cccn1. The van der Waals surface area contributed by atoms with E-state index in [2.05, 4.69) is 22.7 Å². The topological polar surface area (TPSA) is 59.0 Å².